The Morgan fingerprint density at radius 3 is 2.95 bits per heavy atom. The smallest absolute Gasteiger partial charge is 0.220 e. The van der Waals surface area contributed by atoms with Gasteiger partial charge in [0.15, 0.2) is 0 Å². The maximum Gasteiger partial charge on any atom is 0.220 e. The van der Waals surface area contributed by atoms with Crippen LogP contribution in [0, 0.1) is 5.41 Å². The molecule has 4 nitrogen and oxygen atoms in total. The molecule has 0 bridgehead atoms. The molecule has 1 heterocycles. The SMILES string of the molecule is CC1(C)Cc2c(ccn2CCCC(=O)NC2CC2)C(O)C1. The lowest BCUT2D eigenvalue weighted by Gasteiger charge is -2.34. The summed E-state index contributed by atoms with van der Waals surface area (Å²) in [6.45, 7) is 5.27. The van der Waals surface area contributed by atoms with Gasteiger partial charge in [0.25, 0.3) is 0 Å². The van der Waals surface area contributed by atoms with Crippen LogP contribution in [0.25, 0.3) is 0 Å². The van der Waals surface area contributed by atoms with Gasteiger partial charge in [0.05, 0.1) is 6.10 Å². The van der Waals surface area contributed by atoms with Crippen LogP contribution in [0.1, 0.15) is 63.3 Å². The zero-order chi connectivity index (χ0) is 15.0. The lowest BCUT2D eigenvalue weighted by atomic mass is 9.75. The van der Waals surface area contributed by atoms with Crippen molar-refractivity contribution in [2.45, 2.75) is 71.1 Å². The fraction of sp³-hybridized carbons (Fsp3) is 0.706. The number of aliphatic hydroxyl groups excluding tert-OH is 1. The van der Waals surface area contributed by atoms with Crippen LogP contribution < -0.4 is 5.32 Å². The van der Waals surface area contributed by atoms with E-state index in [0.717, 1.165) is 44.2 Å². The molecule has 0 radical (unpaired) electrons. The molecule has 3 rings (SSSR count). The van der Waals surface area contributed by atoms with Crippen LogP contribution in [0.3, 0.4) is 0 Å². The van der Waals surface area contributed by atoms with Crippen LogP contribution in [0.5, 0.6) is 0 Å². The predicted octanol–water partition coefficient (Wildman–Crippen LogP) is 2.55. The summed E-state index contributed by atoms with van der Waals surface area (Å²) in [5.74, 6) is 0.180. The van der Waals surface area contributed by atoms with Crippen molar-refractivity contribution >= 4 is 5.91 Å². The topological polar surface area (TPSA) is 54.3 Å². The Morgan fingerprint density at radius 2 is 2.24 bits per heavy atom. The van der Waals surface area contributed by atoms with Crippen LogP contribution in [-0.2, 0) is 17.8 Å². The molecule has 4 heteroatoms. The first kappa shape index (κ1) is 14.6. The molecule has 1 saturated carbocycles. The number of aryl methyl sites for hydroxylation is 1. The van der Waals surface area contributed by atoms with Gasteiger partial charge in [-0.3, -0.25) is 4.79 Å². The summed E-state index contributed by atoms with van der Waals surface area (Å²) >= 11 is 0. The first-order valence-electron chi connectivity index (χ1n) is 8.10. The van der Waals surface area contributed by atoms with Crippen molar-refractivity contribution in [3.05, 3.63) is 23.5 Å². The normalized spacial score (nSPS) is 23.7. The number of nitrogens with one attached hydrogen (secondary N) is 1. The fourth-order valence-corrected chi connectivity index (χ4v) is 3.34. The van der Waals surface area contributed by atoms with Gasteiger partial charge in [-0.1, -0.05) is 13.8 Å². The number of carbonyl (C=O) groups is 1. The van der Waals surface area contributed by atoms with Gasteiger partial charge in [-0.2, -0.15) is 0 Å². The number of hydrogen-bond acceptors (Lipinski definition) is 2. The van der Waals surface area contributed by atoms with Crippen LogP contribution in [0.4, 0.5) is 0 Å². The summed E-state index contributed by atoms with van der Waals surface area (Å²) in [5, 5.41) is 13.3. The van der Waals surface area contributed by atoms with E-state index in [1.54, 1.807) is 0 Å². The van der Waals surface area contributed by atoms with Gasteiger partial charge in [0, 0.05) is 36.5 Å². The lowest BCUT2D eigenvalue weighted by Crippen LogP contribution is -2.27. The average Bonchev–Trinajstić information content (AvgIpc) is 3.09. The Kier molecular flexibility index (Phi) is 3.82. The van der Waals surface area contributed by atoms with Crippen LogP contribution >= 0.6 is 0 Å². The second kappa shape index (κ2) is 5.48. The molecule has 2 aliphatic carbocycles. The van der Waals surface area contributed by atoms with Gasteiger partial charge in [-0.05, 0) is 43.6 Å². The summed E-state index contributed by atoms with van der Waals surface area (Å²) in [5.41, 5.74) is 2.48. The molecular weight excluding hydrogens is 264 g/mol. The fourth-order valence-electron chi connectivity index (χ4n) is 3.34. The molecule has 1 atom stereocenters. The third-order valence-electron chi connectivity index (χ3n) is 4.61. The van der Waals surface area contributed by atoms with E-state index in [1.165, 1.54) is 5.69 Å². The Labute approximate surface area is 126 Å². The molecule has 2 N–H and O–H groups in total. The van der Waals surface area contributed by atoms with E-state index in [0.29, 0.717) is 12.5 Å². The monoisotopic (exact) mass is 290 g/mol. The lowest BCUT2D eigenvalue weighted by molar-refractivity contribution is -0.121. The number of fused-ring (bicyclic) bond motifs is 1. The molecule has 0 saturated heterocycles. The first-order chi connectivity index (χ1) is 9.94. The van der Waals surface area contributed by atoms with E-state index in [-0.39, 0.29) is 17.4 Å². The summed E-state index contributed by atoms with van der Waals surface area (Å²) in [6, 6.07) is 2.49. The molecule has 1 amide bonds. The molecule has 1 aromatic rings. The van der Waals surface area contributed by atoms with Crippen molar-refractivity contribution in [2.24, 2.45) is 5.41 Å². The van der Waals surface area contributed by atoms with E-state index < -0.39 is 0 Å². The number of hydrogen-bond donors (Lipinski definition) is 2. The molecule has 1 aromatic heterocycles. The number of amides is 1. The zero-order valence-corrected chi connectivity index (χ0v) is 13.1. The highest BCUT2D eigenvalue weighted by Gasteiger charge is 2.33. The highest BCUT2D eigenvalue weighted by Crippen LogP contribution is 2.41. The predicted molar refractivity (Wildman–Crippen MR) is 81.9 cm³/mol. The number of aromatic nitrogens is 1. The first-order valence-corrected chi connectivity index (χ1v) is 8.10. The van der Waals surface area contributed by atoms with Gasteiger partial charge in [-0.15, -0.1) is 0 Å². The van der Waals surface area contributed by atoms with E-state index in [9.17, 15) is 9.90 Å². The van der Waals surface area contributed by atoms with Gasteiger partial charge in [0.2, 0.25) is 5.91 Å². The van der Waals surface area contributed by atoms with E-state index in [1.807, 2.05) is 6.07 Å². The molecule has 21 heavy (non-hydrogen) atoms. The van der Waals surface area contributed by atoms with E-state index in [4.69, 9.17) is 0 Å². The summed E-state index contributed by atoms with van der Waals surface area (Å²) < 4.78 is 2.23. The molecule has 1 unspecified atom stereocenters. The number of nitrogens with zero attached hydrogens (tertiary/aromatic N) is 1. The summed E-state index contributed by atoms with van der Waals surface area (Å²) in [6.07, 6.45) is 7.28. The van der Waals surface area contributed by atoms with E-state index >= 15 is 0 Å². The van der Waals surface area contributed by atoms with Crippen LogP contribution in [-0.4, -0.2) is 21.6 Å². The number of aliphatic hydroxyl groups is 1. The zero-order valence-electron chi connectivity index (χ0n) is 13.1. The molecule has 0 aliphatic heterocycles. The maximum absolute atomic E-state index is 11.7. The van der Waals surface area contributed by atoms with E-state index in [2.05, 4.69) is 29.9 Å². The van der Waals surface area contributed by atoms with Gasteiger partial charge in [0.1, 0.15) is 0 Å². The molecular formula is C17H26N2O2. The number of rotatable bonds is 5. The van der Waals surface area contributed by atoms with Crippen molar-refractivity contribution < 1.29 is 9.90 Å². The van der Waals surface area contributed by atoms with Crippen molar-refractivity contribution in [1.82, 2.24) is 9.88 Å². The third-order valence-corrected chi connectivity index (χ3v) is 4.61. The second-order valence-corrected chi connectivity index (χ2v) is 7.42. The Morgan fingerprint density at radius 1 is 1.48 bits per heavy atom. The van der Waals surface area contributed by atoms with Crippen LogP contribution in [0.15, 0.2) is 12.3 Å². The summed E-state index contributed by atoms with van der Waals surface area (Å²) in [7, 11) is 0. The standard InChI is InChI=1S/C17H26N2O2/c1-17(2)10-14-13(15(20)11-17)7-9-19(14)8-3-4-16(21)18-12-5-6-12/h7,9,12,15,20H,3-6,8,10-11H2,1-2H3,(H,18,21). The second-order valence-electron chi connectivity index (χ2n) is 7.42. The van der Waals surface area contributed by atoms with Crippen molar-refractivity contribution in [3.63, 3.8) is 0 Å². The summed E-state index contributed by atoms with van der Waals surface area (Å²) in [4.78, 5) is 11.7. The minimum atomic E-state index is -0.344. The molecule has 0 spiro atoms. The maximum atomic E-state index is 11.7. The molecule has 1 fully saturated rings. The van der Waals surface area contributed by atoms with Gasteiger partial charge in [-0.25, -0.2) is 0 Å². The van der Waals surface area contributed by atoms with Crippen LogP contribution in [0.2, 0.25) is 0 Å². The number of carbonyl (C=O) groups excluding carboxylic acids is 1. The van der Waals surface area contributed by atoms with Gasteiger partial charge >= 0.3 is 0 Å². The Hall–Kier alpha value is -1.29. The van der Waals surface area contributed by atoms with Crippen molar-refractivity contribution in [3.8, 4) is 0 Å². The van der Waals surface area contributed by atoms with Crippen molar-refractivity contribution in [2.75, 3.05) is 0 Å². The molecule has 2 aliphatic rings. The third kappa shape index (κ3) is 3.49. The quantitative estimate of drug-likeness (QED) is 0.875. The Balaban J connectivity index is 1.58. The van der Waals surface area contributed by atoms with Crippen molar-refractivity contribution in [1.29, 1.82) is 0 Å². The highest BCUT2D eigenvalue weighted by molar-refractivity contribution is 5.76. The minimum Gasteiger partial charge on any atom is -0.388 e. The van der Waals surface area contributed by atoms with Gasteiger partial charge < -0.3 is 15.0 Å². The minimum absolute atomic E-state index is 0.145. The molecule has 0 aromatic carbocycles. The average molecular weight is 290 g/mol. The molecule has 116 valence electrons. The Bertz CT molecular complexity index is 529. The highest BCUT2D eigenvalue weighted by atomic mass is 16.3. The largest absolute Gasteiger partial charge is 0.388 e.